The third-order valence-corrected chi connectivity index (χ3v) is 2.03. The van der Waals surface area contributed by atoms with Gasteiger partial charge in [-0.05, 0) is 41.0 Å². The van der Waals surface area contributed by atoms with Crippen molar-refractivity contribution in [1.29, 1.82) is 0 Å². The van der Waals surface area contributed by atoms with Gasteiger partial charge in [-0.15, -0.1) is 6.58 Å². The standard InChI is InChI=1S/C12H23N/c1-10(2)8-9-13(11(3)4)12(5,6)7/h1,3,8-9H2,2,4-7H3. The Labute approximate surface area is 83.1 Å². The van der Waals surface area contributed by atoms with Gasteiger partial charge in [-0.2, -0.15) is 0 Å². The fourth-order valence-corrected chi connectivity index (χ4v) is 1.40. The fourth-order valence-electron chi connectivity index (χ4n) is 1.40. The summed E-state index contributed by atoms with van der Waals surface area (Å²) in [5.74, 6) is 0. The van der Waals surface area contributed by atoms with Gasteiger partial charge in [-0.1, -0.05) is 12.2 Å². The third-order valence-electron chi connectivity index (χ3n) is 2.03. The van der Waals surface area contributed by atoms with E-state index >= 15 is 0 Å². The van der Waals surface area contributed by atoms with Crippen LogP contribution in [0.3, 0.4) is 0 Å². The first kappa shape index (κ1) is 12.3. The van der Waals surface area contributed by atoms with Crippen molar-refractivity contribution in [3.05, 3.63) is 24.4 Å². The van der Waals surface area contributed by atoms with Crippen molar-refractivity contribution in [1.82, 2.24) is 4.90 Å². The Morgan fingerprint density at radius 1 is 1.15 bits per heavy atom. The number of rotatable bonds is 4. The van der Waals surface area contributed by atoms with Gasteiger partial charge in [-0.3, -0.25) is 0 Å². The number of hydrogen-bond acceptors (Lipinski definition) is 1. The van der Waals surface area contributed by atoms with E-state index < -0.39 is 0 Å². The molecule has 0 heterocycles. The third kappa shape index (κ3) is 4.76. The molecule has 0 spiro atoms. The normalized spacial score (nSPS) is 11.2. The van der Waals surface area contributed by atoms with E-state index in [1.54, 1.807) is 0 Å². The molecular formula is C12H23N. The summed E-state index contributed by atoms with van der Waals surface area (Å²) in [4.78, 5) is 2.32. The summed E-state index contributed by atoms with van der Waals surface area (Å²) < 4.78 is 0. The van der Waals surface area contributed by atoms with Gasteiger partial charge in [0.15, 0.2) is 0 Å². The highest BCUT2D eigenvalue weighted by Crippen LogP contribution is 2.19. The van der Waals surface area contributed by atoms with Crippen LogP contribution >= 0.6 is 0 Å². The topological polar surface area (TPSA) is 3.24 Å². The zero-order chi connectivity index (χ0) is 10.6. The molecule has 0 fully saturated rings. The maximum atomic E-state index is 4.00. The first-order valence-electron chi connectivity index (χ1n) is 4.82. The van der Waals surface area contributed by atoms with Crippen molar-refractivity contribution < 1.29 is 0 Å². The van der Waals surface area contributed by atoms with Crippen molar-refractivity contribution in [2.45, 2.75) is 46.6 Å². The molecule has 0 amide bonds. The van der Waals surface area contributed by atoms with Gasteiger partial charge in [0.05, 0.1) is 0 Å². The van der Waals surface area contributed by atoms with Crippen LogP contribution in [0.4, 0.5) is 0 Å². The molecule has 0 N–H and O–H groups in total. The van der Waals surface area contributed by atoms with Crippen molar-refractivity contribution >= 4 is 0 Å². The Bertz CT molecular complexity index is 196. The van der Waals surface area contributed by atoms with Crippen molar-refractivity contribution in [2.24, 2.45) is 0 Å². The molecule has 0 unspecified atom stereocenters. The van der Waals surface area contributed by atoms with Crippen LogP contribution in [-0.4, -0.2) is 17.0 Å². The van der Waals surface area contributed by atoms with Crippen molar-refractivity contribution in [3.8, 4) is 0 Å². The maximum absolute atomic E-state index is 4.00. The highest BCUT2D eigenvalue weighted by atomic mass is 15.2. The average molecular weight is 181 g/mol. The molecule has 0 saturated heterocycles. The fraction of sp³-hybridized carbons (Fsp3) is 0.667. The molecule has 0 aromatic carbocycles. The molecule has 0 aliphatic rings. The van der Waals surface area contributed by atoms with Crippen LogP contribution in [-0.2, 0) is 0 Å². The second kappa shape index (κ2) is 4.50. The summed E-state index contributed by atoms with van der Waals surface area (Å²) in [7, 11) is 0. The Balaban J connectivity index is 4.28. The lowest BCUT2D eigenvalue weighted by Crippen LogP contribution is -2.40. The molecule has 1 nitrogen and oxygen atoms in total. The predicted octanol–water partition coefficient (Wildman–Crippen LogP) is 3.59. The molecule has 0 radical (unpaired) electrons. The van der Waals surface area contributed by atoms with Gasteiger partial charge in [0.2, 0.25) is 0 Å². The molecule has 0 aliphatic carbocycles. The minimum absolute atomic E-state index is 0.168. The molecular weight excluding hydrogens is 158 g/mol. The van der Waals surface area contributed by atoms with E-state index in [0.717, 1.165) is 18.7 Å². The Hall–Kier alpha value is -0.720. The highest BCUT2D eigenvalue weighted by molar-refractivity contribution is 4.98. The Kier molecular flexibility index (Phi) is 4.25. The number of allylic oxidation sites excluding steroid dienone is 1. The highest BCUT2D eigenvalue weighted by Gasteiger charge is 2.19. The molecule has 0 bridgehead atoms. The van der Waals surface area contributed by atoms with Crippen LogP contribution in [0, 0.1) is 0 Å². The van der Waals surface area contributed by atoms with Crippen LogP contribution in [0.5, 0.6) is 0 Å². The SMILES string of the molecule is C=C(C)CCN(C(=C)C)C(C)(C)C. The van der Waals surface area contributed by atoms with Crippen LogP contribution in [0.15, 0.2) is 24.4 Å². The van der Waals surface area contributed by atoms with E-state index in [1.807, 2.05) is 0 Å². The second-order valence-electron chi connectivity index (χ2n) is 4.76. The van der Waals surface area contributed by atoms with Crippen LogP contribution in [0.25, 0.3) is 0 Å². The average Bonchev–Trinajstić information content (AvgIpc) is 1.81. The van der Waals surface area contributed by atoms with E-state index in [2.05, 4.69) is 52.7 Å². The van der Waals surface area contributed by atoms with Gasteiger partial charge < -0.3 is 4.90 Å². The summed E-state index contributed by atoms with van der Waals surface area (Å²) in [5.41, 5.74) is 2.53. The second-order valence-corrected chi connectivity index (χ2v) is 4.76. The van der Waals surface area contributed by atoms with E-state index in [0.29, 0.717) is 0 Å². The summed E-state index contributed by atoms with van der Waals surface area (Å²) in [6.45, 7) is 19.7. The summed E-state index contributed by atoms with van der Waals surface area (Å²) >= 11 is 0. The van der Waals surface area contributed by atoms with E-state index in [4.69, 9.17) is 0 Å². The lowest BCUT2D eigenvalue weighted by Gasteiger charge is -2.38. The molecule has 0 saturated carbocycles. The van der Waals surface area contributed by atoms with E-state index in [1.165, 1.54) is 5.57 Å². The maximum Gasteiger partial charge on any atom is 0.0314 e. The van der Waals surface area contributed by atoms with Crippen molar-refractivity contribution in [3.63, 3.8) is 0 Å². The summed E-state index contributed by atoms with van der Waals surface area (Å²) in [6.07, 6.45) is 1.05. The minimum Gasteiger partial charge on any atom is -0.370 e. The van der Waals surface area contributed by atoms with Crippen LogP contribution in [0.2, 0.25) is 0 Å². The molecule has 0 atom stereocenters. The molecule has 76 valence electrons. The molecule has 0 aromatic heterocycles. The molecule has 0 aliphatic heterocycles. The van der Waals surface area contributed by atoms with Gasteiger partial charge in [0.25, 0.3) is 0 Å². The molecule has 0 aromatic rings. The number of hydrogen-bond donors (Lipinski definition) is 0. The minimum atomic E-state index is 0.168. The van der Waals surface area contributed by atoms with E-state index in [9.17, 15) is 0 Å². The molecule has 13 heavy (non-hydrogen) atoms. The quantitative estimate of drug-likeness (QED) is 0.599. The first-order valence-corrected chi connectivity index (χ1v) is 4.82. The number of nitrogens with zero attached hydrogens (tertiary/aromatic N) is 1. The van der Waals surface area contributed by atoms with Gasteiger partial charge in [-0.25, -0.2) is 0 Å². The zero-order valence-corrected chi connectivity index (χ0v) is 9.78. The Morgan fingerprint density at radius 3 is 1.85 bits per heavy atom. The smallest absolute Gasteiger partial charge is 0.0314 e. The molecule has 1 heteroatoms. The van der Waals surface area contributed by atoms with Gasteiger partial charge in [0.1, 0.15) is 0 Å². The van der Waals surface area contributed by atoms with Crippen LogP contribution in [0.1, 0.15) is 41.0 Å². The Morgan fingerprint density at radius 2 is 1.62 bits per heavy atom. The lowest BCUT2D eigenvalue weighted by molar-refractivity contribution is 0.188. The van der Waals surface area contributed by atoms with Crippen LogP contribution < -0.4 is 0 Å². The van der Waals surface area contributed by atoms with Crippen molar-refractivity contribution in [2.75, 3.05) is 6.54 Å². The first-order chi connectivity index (χ1) is 5.75. The molecule has 0 rings (SSSR count). The summed E-state index contributed by atoms with van der Waals surface area (Å²) in [5, 5.41) is 0. The zero-order valence-electron chi connectivity index (χ0n) is 9.78. The predicted molar refractivity (Wildman–Crippen MR) is 60.7 cm³/mol. The van der Waals surface area contributed by atoms with Gasteiger partial charge >= 0.3 is 0 Å². The summed E-state index contributed by atoms with van der Waals surface area (Å²) in [6, 6.07) is 0. The van der Waals surface area contributed by atoms with E-state index in [-0.39, 0.29) is 5.54 Å². The largest absolute Gasteiger partial charge is 0.370 e. The lowest BCUT2D eigenvalue weighted by atomic mass is 10.0. The van der Waals surface area contributed by atoms with Gasteiger partial charge in [0, 0.05) is 17.8 Å². The monoisotopic (exact) mass is 181 g/mol.